The highest BCUT2D eigenvalue weighted by atomic mass is 19.1. The maximum Gasteiger partial charge on any atom is 0.408 e. The average molecular weight is 438 g/mol. The minimum Gasteiger partial charge on any atom is -0.489 e. The summed E-state index contributed by atoms with van der Waals surface area (Å²) in [6, 6.07) is 12.4. The maximum atomic E-state index is 14.2. The van der Waals surface area contributed by atoms with Gasteiger partial charge in [-0.05, 0) is 61.3 Å². The molecule has 32 heavy (non-hydrogen) atoms. The summed E-state index contributed by atoms with van der Waals surface area (Å²) < 4.78 is 20.4. The zero-order chi connectivity index (χ0) is 22.8. The molecule has 2 N–H and O–H groups in total. The summed E-state index contributed by atoms with van der Waals surface area (Å²) >= 11 is 0. The van der Waals surface area contributed by atoms with Crippen LogP contribution in [0.15, 0.2) is 42.5 Å². The van der Waals surface area contributed by atoms with Crippen LogP contribution in [0.1, 0.15) is 31.2 Å². The van der Waals surface area contributed by atoms with Crippen LogP contribution >= 0.6 is 0 Å². The van der Waals surface area contributed by atoms with Crippen molar-refractivity contribution in [3.05, 3.63) is 53.8 Å². The van der Waals surface area contributed by atoms with Crippen LogP contribution in [0.5, 0.6) is 5.75 Å². The number of rotatable bonds is 4. The maximum absolute atomic E-state index is 14.2. The lowest BCUT2D eigenvalue weighted by atomic mass is 9.72. The fourth-order valence-electron chi connectivity index (χ4n) is 4.91. The number of amides is 1. The largest absolute Gasteiger partial charge is 0.489 e. The molecule has 8 heteroatoms. The Morgan fingerprint density at radius 2 is 1.88 bits per heavy atom. The Hall–Kier alpha value is -3.60. The van der Waals surface area contributed by atoms with Crippen molar-refractivity contribution in [2.45, 2.75) is 37.8 Å². The van der Waals surface area contributed by atoms with Crippen molar-refractivity contribution in [2.75, 3.05) is 6.54 Å². The number of likely N-dealkylation sites (tertiary alicyclic amines) is 1. The van der Waals surface area contributed by atoms with E-state index in [0.717, 1.165) is 4.90 Å². The number of aliphatic carboxylic acids is 1. The van der Waals surface area contributed by atoms with E-state index in [1.165, 1.54) is 6.07 Å². The first-order valence-electron chi connectivity index (χ1n) is 10.6. The van der Waals surface area contributed by atoms with E-state index < -0.39 is 18.1 Å². The summed E-state index contributed by atoms with van der Waals surface area (Å²) in [6.07, 6.45) is 0.757. The molecule has 0 unspecified atom stereocenters. The van der Waals surface area contributed by atoms with Crippen molar-refractivity contribution in [1.82, 2.24) is 4.90 Å². The number of ether oxygens (including phenoxy) is 1. The highest BCUT2D eigenvalue weighted by molar-refractivity contribution is 5.79. The van der Waals surface area contributed by atoms with Crippen molar-refractivity contribution < 1.29 is 28.9 Å². The number of halogens is 1. The molecule has 1 saturated heterocycles. The van der Waals surface area contributed by atoms with Crippen LogP contribution in [0.2, 0.25) is 0 Å². The second-order valence-corrected chi connectivity index (χ2v) is 8.40. The van der Waals surface area contributed by atoms with E-state index in [2.05, 4.69) is 6.07 Å². The van der Waals surface area contributed by atoms with Crippen molar-refractivity contribution in [3.8, 4) is 22.9 Å². The van der Waals surface area contributed by atoms with Gasteiger partial charge in [-0.2, -0.15) is 5.26 Å². The van der Waals surface area contributed by atoms with Crippen molar-refractivity contribution >= 4 is 12.1 Å². The fraction of sp³-hybridized carbons (Fsp3) is 0.375. The summed E-state index contributed by atoms with van der Waals surface area (Å²) in [5, 5.41) is 28.3. The van der Waals surface area contributed by atoms with E-state index in [1.807, 2.05) is 0 Å². The molecule has 0 aromatic heterocycles. The molecule has 1 heterocycles. The third-order valence-corrected chi connectivity index (χ3v) is 6.54. The predicted molar refractivity (Wildman–Crippen MR) is 113 cm³/mol. The van der Waals surface area contributed by atoms with Crippen LogP contribution in [0.25, 0.3) is 11.1 Å². The third-order valence-electron chi connectivity index (χ3n) is 6.54. The molecule has 0 spiro atoms. The van der Waals surface area contributed by atoms with Gasteiger partial charge < -0.3 is 14.9 Å². The zero-order valence-electron chi connectivity index (χ0n) is 17.3. The van der Waals surface area contributed by atoms with Gasteiger partial charge in [0.05, 0.1) is 11.7 Å². The highest BCUT2D eigenvalue weighted by Gasteiger charge is 2.44. The first-order valence-corrected chi connectivity index (χ1v) is 10.6. The number of hydrogen-bond acceptors (Lipinski definition) is 4. The van der Waals surface area contributed by atoms with Gasteiger partial charge in [0.2, 0.25) is 0 Å². The standard InChI is InChI=1S/C24H23FN2O5/c25-20-4-2-1-3-19(20)14-5-6-15(12-26)22(11-14)32-18-8-7-16-13-27(24(30)31)21(23(28)29)10-17(16)9-18/h1-6,11,16-18,21H,7-10,13H2,(H,28,29)(H,30,31)/t16-,17-,18-,21-/m0/s1. The number of nitriles is 1. The van der Waals surface area contributed by atoms with Gasteiger partial charge in [0.15, 0.2) is 0 Å². The highest BCUT2D eigenvalue weighted by Crippen LogP contribution is 2.41. The molecule has 1 amide bonds. The van der Waals surface area contributed by atoms with Gasteiger partial charge in [-0.3, -0.25) is 4.90 Å². The van der Waals surface area contributed by atoms with Crippen LogP contribution in [0.3, 0.4) is 0 Å². The monoisotopic (exact) mass is 438 g/mol. The lowest BCUT2D eigenvalue weighted by molar-refractivity contribution is -0.146. The summed E-state index contributed by atoms with van der Waals surface area (Å²) in [7, 11) is 0. The molecule has 166 valence electrons. The van der Waals surface area contributed by atoms with Crippen molar-refractivity contribution in [1.29, 1.82) is 5.26 Å². The molecule has 7 nitrogen and oxygen atoms in total. The molecule has 1 aliphatic carbocycles. The second kappa shape index (κ2) is 8.87. The first-order chi connectivity index (χ1) is 15.4. The molecule has 1 saturated carbocycles. The minimum absolute atomic E-state index is 0.0192. The van der Waals surface area contributed by atoms with E-state index in [-0.39, 0.29) is 36.7 Å². The van der Waals surface area contributed by atoms with Gasteiger partial charge in [-0.25, -0.2) is 14.0 Å². The number of benzene rings is 2. The van der Waals surface area contributed by atoms with Crippen LogP contribution < -0.4 is 4.74 Å². The predicted octanol–water partition coefficient (Wildman–Crippen LogP) is 4.36. The molecule has 2 aromatic carbocycles. The number of carboxylic acids is 1. The molecule has 4 atom stereocenters. The number of nitrogens with zero attached hydrogens (tertiary/aromatic N) is 2. The summed E-state index contributed by atoms with van der Waals surface area (Å²) in [4.78, 5) is 24.1. The Balaban J connectivity index is 1.53. The van der Waals surface area contributed by atoms with E-state index in [1.54, 1.807) is 36.4 Å². The molecule has 1 aliphatic heterocycles. The third kappa shape index (κ3) is 4.24. The Morgan fingerprint density at radius 1 is 1.09 bits per heavy atom. The van der Waals surface area contributed by atoms with E-state index in [9.17, 15) is 29.5 Å². The molecule has 2 fully saturated rings. The Labute approximate surface area is 184 Å². The number of piperidine rings is 1. The van der Waals surface area contributed by atoms with Crippen molar-refractivity contribution in [3.63, 3.8) is 0 Å². The molecular weight excluding hydrogens is 415 g/mol. The normalized spacial score (nSPS) is 24.8. The molecule has 2 aliphatic rings. The van der Waals surface area contributed by atoms with Gasteiger partial charge in [-0.1, -0.05) is 24.3 Å². The molecule has 0 radical (unpaired) electrons. The first kappa shape index (κ1) is 21.6. The lowest BCUT2D eigenvalue weighted by Crippen LogP contribution is -2.54. The average Bonchev–Trinajstić information content (AvgIpc) is 2.78. The Morgan fingerprint density at radius 3 is 2.56 bits per heavy atom. The SMILES string of the molecule is N#Cc1ccc(-c2ccccc2F)cc1O[C@H]1CC[C@H]2CN(C(=O)O)[C@H](C(=O)O)C[C@@H]2C1. The molecular formula is C24H23FN2O5. The lowest BCUT2D eigenvalue weighted by Gasteiger charge is -2.45. The quantitative estimate of drug-likeness (QED) is 0.734. The van der Waals surface area contributed by atoms with Gasteiger partial charge in [0, 0.05) is 12.1 Å². The smallest absolute Gasteiger partial charge is 0.408 e. The van der Waals surface area contributed by atoms with Gasteiger partial charge in [0.1, 0.15) is 23.7 Å². The van der Waals surface area contributed by atoms with Crippen LogP contribution in [0.4, 0.5) is 9.18 Å². The molecule has 0 bridgehead atoms. The minimum atomic E-state index is -1.21. The van der Waals surface area contributed by atoms with Crippen LogP contribution in [-0.4, -0.2) is 45.9 Å². The summed E-state index contributed by atoms with van der Waals surface area (Å²) in [5.41, 5.74) is 1.36. The summed E-state index contributed by atoms with van der Waals surface area (Å²) in [5.74, 6) is -1.03. The summed E-state index contributed by atoms with van der Waals surface area (Å²) in [6.45, 7) is 0.204. The number of carboxylic acid groups (broad SMARTS) is 2. The number of carbonyl (C=O) groups is 2. The Kier molecular flexibility index (Phi) is 5.99. The molecule has 2 aromatic rings. The van der Waals surface area contributed by atoms with E-state index >= 15 is 0 Å². The fourth-order valence-corrected chi connectivity index (χ4v) is 4.91. The van der Waals surface area contributed by atoms with Gasteiger partial charge in [0.25, 0.3) is 0 Å². The van der Waals surface area contributed by atoms with Crippen LogP contribution in [0, 0.1) is 29.0 Å². The van der Waals surface area contributed by atoms with E-state index in [4.69, 9.17) is 4.74 Å². The van der Waals surface area contributed by atoms with Crippen molar-refractivity contribution in [2.24, 2.45) is 11.8 Å². The topological polar surface area (TPSA) is 111 Å². The van der Waals surface area contributed by atoms with Gasteiger partial charge in [-0.15, -0.1) is 0 Å². The second-order valence-electron chi connectivity index (χ2n) is 8.40. The number of fused-ring (bicyclic) bond motifs is 1. The van der Waals surface area contributed by atoms with E-state index in [0.29, 0.717) is 41.7 Å². The molecule has 4 rings (SSSR count). The Bertz CT molecular complexity index is 1080. The van der Waals surface area contributed by atoms with Crippen LogP contribution in [-0.2, 0) is 4.79 Å². The van der Waals surface area contributed by atoms with Gasteiger partial charge >= 0.3 is 12.1 Å². The zero-order valence-corrected chi connectivity index (χ0v) is 17.3. The number of hydrogen-bond donors (Lipinski definition) is 2.